The van der Waals surface area contributed by atoms with Crippen molar-refractivity contribution >= 4 is 27.0 Å². The van der Waals surface area contributed by atoms with E-state index in [1.54, 1.807) is 0 Å². The first-order chi connectivity index (χ1) is 9.61. The third kappa shape index (κ3) is 1.98. The van der Waals surface area contributed by atoms with Crippen LogP contribution in [0.1, 0.15) is 6.92 Å². The average Bonchev–Trinajstić information content (AvgIpc) is 2.75. The van der Waals surface area contributed by atoms with Crippen LogP contribution in [0.15, 0.2) is 40.9 Å². The largest absolute Gasteiger partial charge is 0.507 e. The Morgan fingerprint density at radius 1 is 1.30 bits per heavy atom. The number of phenols is 1. The second-order valence-corrected chi connectivity index (χ2v) is 5.36. The Kier molecular flexibility index (Phi) is 3.22. The summed E-state index contributed by atoms with van der Waals surface area (Å²) in [4.78, 5) is 4.47. The van der Waals surface area contributed by atoms with Crippen LogP contribution in [0.5, 0.6) is 5.75 Å². The first kappa shape index (κ1) is 13.1. The van der Waals surface area contributed by atoms with Gasteiger partial charge >= 0.3 is 0 Å². The van der Waals surface area contributed by atoms with E-state index in [0.717, 1.165) is 15.5 Å². The second kappa shape index (κ2) is 4.90. The summed E-state index contributed by atoms with van der Waals surface area (Å²) in [5, 5.41) is 9.94. The Hall–Kier alpha value is -1.88. The van der Waals surface area contributed by atoms with Crippen molar-refractivity contribution in [1.29, 1.82) is 0 Å². The first-order valence-electron chi connectivity index (χ1n) is 6.25. The van der Waals surface area contributed by atoms with E-state index in [0.29, 0.717) is 12.4 Å². The van der Waals surface area contributed by atoms with Crippen molar-refractivity contribution in [1.82, 2.24) is 9.55 Å². The summed E-state index contributed by atoms with van der Waals surface area (Å²) in [6, 6.07) is 9.99. The van der Waals surface area contributed by atoms with E-state index in [9.17, 15) is 9.50 Å². The van der Waals surface area contributed by atoms with Crippen molar-refractivity contribution in [3.05, 3.63) is 46.7 Å². The maximum absolute atomic E-state index is 14.0. The molecule has 3 nitrogen and oxygen atoms in total. The number of rotatable bonds is 2. The van der Waals surface area contributed by atoms with Crippen LogP contribution >= 0.6 is 15.9 Å². The highest BCUT2D eigenvalue weighted by Gasteiger charge is 2.18. The fourth-order valence-electron chi connectivity index (χ4n) is 2.35. The van der Waals surface area contributed by atoms with Crippen LogP contribution in [0.3, 0.4) is 0 Å². The molecule has 1 N–H and O–H groups in total. The third-order valence-electron chi connectivity index (χ3n) is 3.24. The van der Waals surface area contributed by atoms with Gasteiger partial charge in [0.05, 0.1) is 16.6 Å². The molecular weight excluding hydrogens is 323 g/mol. The second-order valence-electron chi connectivity index (χ2n) is 4.45. The molecule has 0 fully saturated rings. The molecule has 0 aliphatic carbocycles. The van der Waals surface area contributed by atoms with Crippen LogP contribution in [0.2, 0.25) is 0 Å². The molecule has 3 rings (SSSR count). The number of halogens is 2. The average molecular weight is 335 g/mol. The standard InChI is InChI=1S/C15H12BrFN2O/c1-2-19-12-7-6-9(16)8-11(12)18-15(19)14-10(17)4-3-5-13(14)20/h3-8,20H,2H2,1H3. The van der Waals surface area contributed by atoms with E-state index in [4.69, 9.17) is 0 Å². The number of imidazole rings is 1. The molecule has 1 aromatic heterocycles. The van der Waals surface area contributed by atoms with Crippen LogP contribution in [0.4, 0.5) is 4.39 Å². The predicted octanol–water partition coefficient (Wildman–Crippen LogP) is 4.33. The van der Waals surface area contributed by atoms with Crippen LogP contribution in [0.25, 0.3) is 22.4 Å². The maximum atomic E-state index is 14.0. The normalized spacial score (nSPS) is 11.2. The minimum atomic E-state index is -0.478. The number of aromatic hydroxyl groups is 1. The monoisotopic (exact) mass is 334 g/mol. The molecule has 0 saturated heterocycles. The summed E-state index contributed by atoms with van der Waals surface area (Å²) in [6.07, 6.45) is 0. The molecule has 0 radical (unpaired) electrons. The third-order valence-corrected chi connectivity index (χ3v) is 3.73. The lowest BCUT2D eigenvalue weighted by Gasteiger charge is -2.08. The molecule has 0 aliphatic heterocycles. The predicted molar refractivity (Wildman–Crippen MR) is 80.2 cm³/mol. The first-order valence-corrected chi connectivity index (χ1v) is 7.04. The molecule has 0 atom stereocenters. The van der Waals surface area contributed by atoms with E-state index in [-0.39, 0.29) is 11.3 Å². The fraction of sp³-hybridized carbons (Fsp3) is 0.133. The number of fused-ring (bicyclic) bond motifs is 1. The molecule has 20 heavy (non-hydrogen) atoms. The lowest BCUT2D eigenvalue weighted by Crippen LogP contribution is -1.99. The zero-order valence-corrected chi connectivity index (χ0v) is 12.4. The molecule has 3 aromatic rings. The zero-order chi connectivity index (χ0) is 14.3. The Morgan fingerprint density at radius 3 is 2.80 bits per heavy atom. The molecule has 0 spiro atoms. The number of hydrogen-bond acceptors (Lipinski definition) is 2. The topological polar surface area (TPSA) is 38.0 Å². The smallest absolute Gasteiger partial charge is 0.147 e. The molecule has 0 aliphatic rings. The minimum Gasteiger partial charge on any atom is -0.507 e. The molecule has 0 saturated carbocycles. The van der Waals surface area contributed by atoms with Gasteiger partial charge in [-0.25, -0.2) is 9.37 Å². The van der Waals surface area contributed by atoms with Crippen LogP contribution in [-0.4, -0.2) is 14.7 Å². The van der Waals surface area contributed by atoms with E-state index in [2.05, 4.69) is 20.9 Å². The molecule has 0 bridgehead atoms. The van der Waals surface area contributed by atoms with Gasteiger partial charge < -0.3 is 9.67 Å². The maximum Gasteiger partial charge on any atom is 0.147 e. The highest BCUT2D eigenvalue weighted by Crippen LogP contribution is 2.33. The Balaban J connectivity index is 2.36. The van der Waals surface area contributed by atoms with E-state index in [1.807, 2.05) is 29.7 Å². The summed E-state index contributed by atoms with van der Waals surface area (Å²) in [6.45, 7) is 2.60. The van der Waals surface area contributed by atoms with Crippen molar-refractivity contribution < 1.29 is 9.50 Å². The summed E-state index contributed by atoms with van der Waals surface area (Å²) < 4.78 is 16.8. The Labute approximate surface area is 123 Å². The van der Waals surface area contributed by atoms with Crippen LogP contribution in [-0.2, 0) is 6.54 Å². The molecule has 5 heteroatoms. The molecular formula is C15H12BrFN2O. The number of phenolic OH excluding ortho intramolecular Hbond substituents is 1. The van der Waals surface area contributed by atoms with Gasteiger partial charge in [-0.15, -0.1) is 0 Å². The number of hydrogen-bond donors (Lipinski definition) is 1. The van der Waals surface area contributed by atoms with Crippen LogP contribution in [0, 0.1) is 5.82 Å². The highest BCUT2D eigenvalue weighted by atomic mass is 79.9. The van der Waals surface area contributed by atoms with E-state index >= 15 is 0 Å². The van der Waals surface area contributed by atoms with Gasteiger partial charge in [0.2, 0.25) is 0 Å². The van der Waals surface area contributed by atoms with Crippen LogP contribution < -0.4 is 0 Å². The quantitative estimate of drug-likeness (QED) is 0.757. The summed E-state index contributed by atoms with van der Waals surface area (Å²) in [5.41, 5.74) is 1.81. The van der Waals surface area contributed by atoms with E-state index < -0.39 is 5.82 Å². The number of benzene rings is 2. The van der Waals surface area contributed by atoms with E-state index in [1.165, 1.54) is 18.2 Å². The lowest BCUT2D eigenvalue weighted by atomic mass is 10.1. The van der Waals surface area contributed by atoms with Gasteiger partial charge in [0.15, 0.2) is 0 Å². The Bertz CT molecular complexity index is 778. The Morgan fingerprint density at radius 2 is 2.10 bits per heavy atom. The van der Waals surface area contributed by atoms with Crippen molar-refractivity contribution in [3.63, 3.8) is 0 Å². The summed E-state index contributed by atoms with van der Waals surface area (Å²) >= 11 is 3.40. The molecule has 0 amide bonds. The van der Waals surface area contributed by atoms with Gasteiger partial charge in [-0.2, -0.15) is 0 Å². The SMILES string of the molecule is CCn1c(-c2c(O)cccc2F)nc2cc(Br)ccc21. The van der Waals surface area contributed by atoms with Gasteiger partial charge in [-0.05, 0) is 37.3 Å². The van der Waals surface area contributed by atoms with Crippen molar-refractivity contribution in [2.75, 3.05) is 0 Å². The van der Waals surface area contributed by atoms with Gasteiger partial charge in [0, 0.05) is 11.0 Å². The lowest BCUT2D eigenvalue weighted by molar-refractivity contribution is 0.471. The molecule has 0 unspecified atom stereocenters. The highest BCUT2D eigenvalue weighted by molar-refractivity contribution is 9.10. The van der Waals surface area contributed by atoms with Gasteiger partial charge in [-0.1, -0.05) is 22.0 Å². The summed E-state index contributed by atoms with van der Waals surface area (Å²) in [7, 11) is 0. The molecule has 2 aromatic carbocycles. The van der Waals surface area contributed by atoms with Gasteiger partial charge in [-0.3, -0.25) is 0 Å². The number of aryl methyl sites for hydroxylation is 1. The number of aromatic nitrogens is 2. The van der Waals surface area contributed by atoms with Gasteiger partial charge in [0.1, 0.15) is 17.4 Å². The molecule has 1 heterocycles. The zero-order valence-electron chi connectivity index (χ0n) is 10.8. The summed E-state index contributed by atoms with van der Waals surface area (Å²) in [5.74, 6) is -0.139. The van der Waals surface area contributed by atoms with Crippen molar-refractivity contribution in [2.45, 2.75) is 13.5 Å². The van der Waals surface area contributed by atoms with Crippen molar-refractivity contribution in [3.8, 4) is 17.1 Å². The van der Waals surface area contributed by atoms with Gasteiger partial charge in [0.25, 0.3) is 0 Å². The fourth-order valence-corrected chi connectivity index (χ4v) is 2.70. The molecule has 102 valence electrons. The minimum absolute atomic E-state index is 0.103. The number of nitrogens with zero attached hydrogens (tertiary/aromatic N) is 2. The van der Waals surface area contributed by atoms with Crippen molar-refractivity contribution in [2.24, 2.45) is 0 Å².